The maximum Gasteiger partial charge on any atom is 0.299 e. The van der Waals surface area contributed by atoms with Crippen LogP contribution in [-0.4, -0.2) is 15.7 Å². The van der Waals surface area contributed by atoms with E-state index in [9.17, 15) is 4.79 Å². The minimum absolute atomic E-state index is 0.0226. The van der Waals surface area contributed by atoms with Crippen LogP contribution in [0.2, 0.25) is 0 Å². The number of hydrogen-bond donors (Lipinski definition) is 4. The lowest BCUT2D eigenvalue weighted by Crippen LogP contribution is -2.21. The van der Waals surface area contributed by atoms with Gasteiger partial charge in [0.25, 0.3) is 5.56 Å². The number of azo groups is 1. The maximum absolute atomic E-state index is 12.6. The number of hydrogen-bond acceptors (Lipinski definition) is 5. The molecule has 1 heterocycles. The van der Waals surface area contributed by atoms with E-state index < -0.39 is 0 Å². The molecule has 0 saturated heterocycles. The minimum atomic E-state index is -0.298. The number of benzene rings is 2. The molecule has 7 N–H and O–H groups in total. The van der Waals surface area contributed by atoms with Crippen molar-refractivity contribution in [3.05, 3.63) is 64.6 Å². The summed E-state index contributed by atoms with van der Waals surface area (Å²) >= 11 is 0. The third-order valence-electron chi connectivity index (χ3n) is 3.57. The van der Waals surface area contributed by atoms with E-state index in [0.29, 0.717) is 28.4 Å². The monoisotopic (exact) mass is 350 g/mol. The summed E-state index contributed by atoms with van der Waals surface area (Å²) in [6.07, 6.45) is 0. The highest BCUT2D eigenvalue weighted by molar-refractivity contribution is 5.79. The summed E-state index contributed by atoms with van der Waals surface area (Å²) in [6, 6.07) is 13.7. The fourth-order valence-electron chi connectivity index (χ4n) is 2.31. The van der Waals surface area contributed by atoms with Gasteiger partial charge in [0.15, 0.2) is 11.6 Å². The molecule has 0 fully saturated rings. The Morgan fingerprint density at radius 1 is 0.962 bits per heavy atom. The number of rotatable bonds is 4. The van der Waals surface area contributed by atoms with Crippen LogP contribution in [0.4, 0.5) is 22.7 Å². The van der Waals surface area contributed by atoms with Gasteiger partial charge in [-0.3, -0.25) is 9.89 Å². The van der Waals surface area contributed by atoms with Gasteiger partial charge in [-0.15, -0.1) is 5.11 Å². The van der Waals surface area contributed by atoms with Crippen molar-refractivity contribution < 1.29 is 0 Å². The van der Waals surface area contributed by atoms with E-state index in [4.69, 9.17) is 17.2 Å². The van der Waals surface area contributed by atoms with Crippen molar-refractivity contribution >= 4 is 28.7 Å². The van der Waals surface area contributed by atoms with Crippen LogP contribution in [0.15, 0.2) is 68.5 Å². The first-order valence-electron chi connectivity index (χ1n) is 7.73. The second-order valence-electron chi connectivity index (χ2n) is 5.57. The molecule has 0 unspecified atom stereocenters. The molecule has 132 valence electrons. The Balaban J connectivity index is 1.88. The molecular formula is C17H18N8O. The van der Waals surface area contributed by atoms with Crippen molar-refractivity contribution in [2.24, 2.45) is 26.7 Å². The van der Waals surface area contributed by atoms with Gasteiger partial charge in [0.05, 0.1) is 22.8 Å². The van der Waals surface area contributed by atoms with Crippen LogP contribution < -0.4 is 22.8 Å². The summed E-state index contributed by atoms with van der Waals surface area (Å²) in [5.74, 6) is -0.0226. The molecule has 9 heteroatoms. The van der Waals surface area contributed by atoms with E-state index in [1.54, 1.807) is 55.5 Å². The maximum atomic E-state index is 12.6. The van der Waals surface area contributed by atoms with Gasteiger partial charge in [0, 0.05) is 5.69 Å². The van der Waals surface area contributed by atoms with E-state index >= 15 is 0 Å². The van der Waals surface area contributed by atoms with Gasteiger partial charge in [0.2, 0.25) is 0 Å². The summed E-state index contributed by atoms with van der Waals surface area (Å²) in [5.41, 5.74) is 19.3. The van der Waals surface area contributed by atoms with Crippen LogP contribution in [0, 0.1) is 6.92 Å². The van der Waals surface area contributed by atoms with Gasteiger partial charge in [-0.1, -0.05) is 0 Å². The lowest BCUT2D eigenvalue weighted by molar-refractivity contribution is 0.835. The molecule has 0 aliphatic rings. The lowest BCUT2D eigenvalue weighted by Gasteiger charge is -2.01. The third kappa shape index (κ3) is 3.61. The minimum Gasteiger partial charge on any atom is -0.399 e. The number of anilines is 1. The number of guanidine groups is 1. The Morgan fingerprint density at radius 3 is 2.19 bits per heavy atom. The third-order valence-corrected chi connectivity index (χ3v) is 3.57. The molecular weight excluding hydrogens is 332 g/mol. The number of aryl methyl sites for hydroxylation is 1. The van der Waals surface area contributed by atoms with E-state index in [2.05, 4.69) is 20.3 Å². The number of H-pyrrole nitrogens is 1. The first-order valence-corrected chi connectivity index (χ1v) is 7.73. The van der Waals surface area contributed by atoms with Crippen LogP contribution in [0.25, 0.3) is 5.69 Å². The standard InChI is InChI=1S/C17H18N8O/c1-10-15(16(26)25(24-10)14-8-2-11(18)3-9-14)23-22-13-6-4-12(5-7-13)21-17(19)20/h2-9,24H,18H2,1H3,(H4,19,20,21). The van der Waals surface area contributed by atoms with Gasteiger partial charge in [-0.25, -0.2) is 9.67 Å². The molecule has 0 atom stereocenters. The SMILES string of the molecule is Cc1[nH]n(-c2ccc(N)cc2)c(=O)c1N=Nc1ccc(N=C(N)N)cc1. The van der Waals surface area contributed by atoms with Crippen LogP contribution in [0.3, 0.4) is 0 Å². The van der Waals surface area contributed by atoms with E-state index in [1.165, 1.54) is 4.68 Å². The van der Waals surface area contributed by atoms with Crippen molar-refractivity contribution in [3.8, 4) is 5.69 Å². The molecule has 0 saturated carbocycles. The highest BCUT2D eigenvalue weighted by Gasteiger charge is 2.12. The Bertz CT molecular complexity index is 1020. The topological polar surface area (TPSA) is 153 Å². The fourth-order valence-corrected chi connectivity index (χ4v) is 2.31. The van der Waals surface area contributed by atoms with Crippen LogP contribution in [-0.2, 0) is 0 Å². The molecule has 0 radical (unpaired) electrons. The Labute approximate surface area is 148 Å². The predicted octanol–water partition coefficient (Wildman–Crippen LogP) is 2.38. The molecule has 2 aromatic carbocycles. The van der Waals surface area contributed by atoms with Gasteiger partial charge < -0.3 is 17.2 Å². The zero-order valence-electron chi connectivity index (χ0n) is 14.0. The number of nitrogens with two attached hydrogens (primary N) is 3. The van der Waals surface area contributed by atoms with Gasteiger partial charge in [0.1, 0.15) is 0 Å². The van der Waals surface area contributed by atoms with Crippen molar-refractivity contribution in [2.45, 2.75) is 6.92 Å². The molecule has 26 heavy (non-hydrogen) atoms. The van der Waals surface area contributed by atoms with Gasteiger partial charge in [-0.05, 0) is 55.5 Å². The average molecular weight is 350 g/mol. The molecule has 0 aliphatic carbocycles. The number of aromatic amines is 1. The number of nitrogen functional groups attached to an aromatic ring is 1. The van der Waals surface area contributed by atoms with Crippen LogP contribution in [0.1, 0.15) is 5.69 Å². The lowest BCUT2D eigenvalue weighted by atomic mass is 10.3. The zero-order valence-corrected chi connectivity index (χ0v) is 14.0. The quantitative estimate of drug-likeness (QED) is 0.247. The Kier molecular flexibility index (Phi) is 4.52. The number of aliphatic imine (C=N–C) groups is 1. The molecule has 0 spiro atoms. The summed E-state index contributed by atoms with van der Waals surface area (Å²) in [7, 11) is 0. The highest BCUT2D eigenvalue weighted by atomic mass is 16.1. The van der Waals surface area contributed by atoms with Crippen molar-refractivity contribution in [1.82, 2.24) is 9.78 Å². The summed E-state index contributed by atoms with van der Waals surface area (Å²) in [5, 5.41) is 11.2. The van der Waals surface area contributed by atoms with Crippen molar-refractivity contribution in [2.75, 3.05) is 5.73 Å². The van der Waals surface area contributed by atoms with Crippen molar-refractivity contribution in [3.63, 3.8) is 0 Å². The Hall–Kier alpha value is -3.88. The molecule has 0 bridgehead atoms. The molecule has 1 aromatic heterocycles. The zero-order chi connectivity index (χ0) is 18.7. The highest BCUT2D eigenvalue weighted by Crippen LogP contribution is 2.22. The van der Waals surface area contributed by atoms with E-state index in [1.807, 2.05) is 0 Å². The van der Waals surface area contributed by atoms with Gasteiger partial charge >= 0.3 is 0 Å². The second-order valence-corrected chi connectivity index (χ2v) is 5.57. The first kappa shape index (κ1) is 17.0. The largest absolute Gasteiger partial charge is 0.399 e. The normalized spacial score (nSPS) is 11.0. The predicted molar refractivity (Wildman–Crippen MR) is 102 cm³/mol. The molecule has 3 aromatic rings. The molecule has 9 nitrogen and oxygen atoms in total. The van der Waals surface area contributed by atoms with Crippen LogP contribution >= 0.6 is 0 Å². The first-order chi connectivity index (χ1) is 12.4. The van der Waals surface area contributed by atoms with Crippen molar-refractivity contribution in [1.29, 1.82) is 0 Å². The second kappa shape index (κ2) is 6.93. The Morgan fingerprint density at radius 2 is 1.58 bits per heavy atom. The molecule has 0 amide bonds. The fraction of sp³-hybridized carbons (Fsp3) is 0.0588. The number of aromatic nitrogens is 2. The van der Waals surface area contributed by atoms with Gasteiger partial charge in [-0.2, -0.15) is 5.11 Å². The average Bonchev–Trinajstić information content (AvgIpc) is 2.89. The molecule has 0 aliphatic heterocycles. The molecule has 3 rings (SSSR count). The summed E-state index contributed by atoms with van der Waals surface area (Å²) in [6.45, 7) is 1.76. The summed E-state index contributed by atoms with van der Waals surface area (Å²) < 4.78 is 1.39. The van der Waals surface area contributed by atoms with E-state index in [-0.39, 0.29) is 17.2 Å². The number of nitrogens with one attached hydrogen (secondary N) is 1. The van der Waals surface area contributed by atoms with E-state index in [0.717, 1.165) is 0 Å². The number of nitrogens with zero attached hydrogens (tertiary/aromatic N) is 4. The summed E-state index contributed by atoms with van der Waals surface area (Å²) in [4.78, 5) is 16.5. The smallest absolute Gasteiger partial charge is 0.299 e. The van der Waals surface area contributed by atoms with Crippen LogP contribution in [0.5, 0.6) is 0 Å².